The molecule has 0 atom stereocenters. The van der Waals surface area contributed by atoms with Crippen LogP contribution in [0.15, 0.2) is 10.2 Å². The molecule has 0 spiro atoms. The molecule has 6 nitrogen and oxygen atoms in total. The van der Waals surface area contributed by atoms with E-state index in [1.165, 1.54) is 0 Å². The Bertz CT molecular complexity index is 388. The maximum atomic E-state index is 10.9. The van der Waals surface area contributed by atoms with Crippen molar-refractivity contribution in [1.29, 1.82) is 0 Å². The zero-order chi connectivity index (χ0) is 12.5. The summed E-state index contributed by atoms with van der Waals surface area (Å²) in [5.41, 5.74) is 0.852. The zero-order valence-corrected chi connectivity index (χ0v) is 10.5. The Kier molecular flexibility index (Phi) is 6.53. The van der Waals surface area contributed by atoms with E-state index < -0.39 is 0 Å². The van der Waals surface area contributed by atoms with Crippen LogP contribution in [0.3, 0.4) is 0 Å². The molecule has 1 rings (SSSR count). The van der Waals surface area contributed by atoms with Crippen LogP contribution in [0.5, 0.6) is 0 Å². The largest absolute Gasteiger partial charge is 0.464 e. The number of aromatic amines is 1. The Labute approximate surface area is 103 Å². The summed E-state index contributed by atoms with van der Waals surface area (Å²) < 4.78 is 9.78. The molecule has 0 aliphatic heterocycles. The molecule has 7 heteroatoms. The number of nitrogens with one attached hydrogen (secondary N) is 2. The molecule has 1 aromatic heterocycles. The fourth-order valence-corrected chi connectivity index (χ4v) is 1.71. The van der Waals surface area contributed by atoms with Crippen LogP contribution in [0.1, 0.15) is 12.6 Å². The van der Waals surface area contributed by atoms with E-state index >= 15 is 0 Å². The van der Waals surface area contributed by atoms with E-state index in [1.807, 2.05) is 0 Å². The summed E-state index contributed by atoms with van der Waals surface area (Å²) in [6.07, 6.45) is 0. The molecular formula is C10H16N2O4S. The lowest BCUT2D eigenvalue weighted by Gasteiger charge is -2.04. The maximum absolute atomic E-state index is 10.9. The first kappa shape index (κ1) is 13.9. The highest BCUT2D eigenvalue weighted by Gasteiger charge is 2.00. The van der Waals surface area contributed by atoms with Gasteiger partial charge in [0.15, 0.2) is 0 Å². The second-order valence-electron chi connectivity index (χ2n) is 3.21. The summed E-state index contributed by atoms with van der Waals surface area (Å²) in [4.78, 5) is 24.3. The van der Waals surface area contributed by atoms with Crippen molar-refractivity contribution < 1.29 is 14.3 Å². The van der Waals surface area contributed by atoms with Crippen LogP contribution in [0, 0.1) is 0 Å². The van der Waals surface area contributed by atoms with Gasteiger partial charge in [-0.2, -0.15) is 0 Å². The van der Waals surface area contributed by atoms with E-state index in [2.05, 4.69) is 10.3 Å². The Morgan fingerprint density at radius 2 is 2.41 bits per heavy atom. The number of hydrogen-bond acceptors (Lipinski definition) is 6. The average molecular weight is 260 g/mol. The molecule has 0 radical (unpaired) electrons. The van der Waals surface area contributed by atoms with E-state index in [0.717, 1.165) is 17.0 Å². The number of hydrogen-bond donors (Lipinski definition) is 2. The molecule has 0 aliphatic carbocycles. The number of carbonyl (C=O) groups is 1. The molecule has 0 bridgehead atoms. The van der Waals surface area contributed by atoms with Gasteiger partial charge in [0.25, 0.3) is 0 Å². The predicted molar refractivity (Wildman–Crippen MR) is 64.1 cm³/mol. The second-order valence-corrected chi connectivity index (χ2v) is 4.05. The minimum Gasteiger partial charge on any atom is -0.464 e. The van der Waals surface area contributed by atoms with Crippen molar-refractivity contribution in [3.63, 3.8) is 0 Å². The van der Waals surface area contributed by atoms with Crippen molar-refractivity contribution in [2.24, 2.45) is 0 Å². The SMILES string of the molecule is CCOC(=O)COCCNCc1csc(=O)[nH]1. The molecule has 0 aromatic carbocycles. The summed E-state index contributed by atoms with van der Waals surface area (Å²) in [5.74, 6) is -0.352. The first-order chi connectivity index (χ1) is 8.22. The van der Waals surface area contributed by atoms with Crippen molar-refractivity contribution in [1.82, 2.24) is 10.3 Å². The van der Waals surface area contributed by atoms with Gasteiger partial charge in [-0.05, 0) is 6.92 Å². The van der Waals surface area contributed by atoms with Crippen LogP contribution in [0.25, 0.3) is 0 Å². The first-order valence-electron chi connectivity index (χ1n) is 5.33. The van der Waals surface area contributed by atoms with Crippen LogP contribution in [0.4, 0.5) is 0 Å². The molecule has 0 amide bonds. The minimum atomic E-state index is -0.352. The summed E-state index contributed by atoms with van der Waals surface area (Å²) >= 11 is 1.14. The van der Waals surface area contributed by atoms with Crippen molar-refractivity contribution in [3.05, 3.63) is 20.7 Å². The van der Waals surface area contributed by atoms with Gasteiger partial charge in [-0.15, -0.1) is 0 Å². The molecular weight excluding hydrogens is 244 g/mol. The Morgan fingerprint density at radius 1 is 1.59 bits per heavy atom. The third kappa shape index (κ3) is 6.20. The van der Waals surface area contributed by atoms with E-state index in [4.69, 9.17) is 9.47 Å². The Morgan fingerprint density at radius 3 is 3.06 bits per heavy atom. The number of carbonyl (C=O) groups excluding carboxylic acids is 1. The van der Waals surface area contributed by atoms with Crippen LogP contribution >= 0.6 is 11.3 Å². The van der Waals surface area contributed by atoms with Crippen molar-refractivity contribution >= 4 is 17.3 Å². The fraction of sp³-hybridized carbons (Fsp3) is 0.600. The third-order valence-electron chi connectivity index (χ3n) is 1.83. The number of ether oxygens (including phenoxy) is 2. The van der Waals surface area contributed by atoms with Crippen molar-refractivity contribution in [2.75, 3.05) is 26.4 Å². The first-order valence-corrected chi connectivity index (χ1v) is 6.21. The lowest BCUT2D eigenvalue weighted by molar-refractivity contribution is -0.148. The van der Waals surface area contributed by atoms with Crippen LogP contribution < -0.4 is 10.2 Å². The van der Waals surface area contributed by atoms with Gasteiger partial charge in [-0.3, -0.25) is 4.79 Å². The van der Waals surface area contributed by atoms with Gasteiger partial charge in [0.05, 0.1) is 13.2 Å². The molecule has 0 fully saturated rings. The highest BCUT2D eigenvalue weighted by atomic mass is 32.1. The smallest absolute Gasteiger partial charge is 0.332 e. The summed E-state index contributed by atoms with van der Waals surface area (Å²) in [6, 6.07) is 0. The predicted octanol–water partition coefficient (Wildman–Crippen LogP) is 0.106. The van der Waals surface area contributed by atoms with Gasteiger partial charge in [0.2, 0.25) is 0 Å². The molecule has 0 saturated heterocycles. The van der Waals surface area contributed by atoms with E-state index in [-0.39, 0.29) is 17.4 Å². The van der Waals surface area contributed by atoms with Gasteiger partial charge in [0.1, 0.15) is 6.61 Å². The zero-order valence-electron chi connectivity index (χ0n) is 9.65. The molecule has 0 unspecified atom stereocenters. The normalized spacial score (nSPS) is 10.4. The summed E-state index contributed by atoms with van der Waals surface area (Å²) in [6.45, 7) is 3.71. The quantitative estimate of drug-likeness (QED) is 0.512. The standard InChI is InChI=1S/C10H16N2O4S/c1-2-16-9(13)6-15-4-3-11-5-8-7-17-10(14)12-8/h7,11H,2-6H2,1H3,(H,12,14). The minimum absolute atomic E-state index is 0.0230. The van der Waals surface area contributed by atoms with Gasteiger partial charge in [-0.1, -0.05) is 11.3 Å². The topological polar surface area (TPSA) is 80.4 Å². The van der Waals surface area contributed by atoms with E-state index in [0.29, 0.717) is 26.3 Å². The second kappa shape index (κ2) is 7.99. The van der Waals surface area contributed by atoms with E-state index in [1.54, 1.807) is 12.3 Å². The number of H-pyrrole nitrogens is 1. The molecule has 17 heavy (non-hydrogen) atoms. The van der Waals surface area contributed by atoms with E-state index in [9.17, 15) is 9.59 Å². The van der Waals surface area contributed by atoms with Crippen LogP contribution in [-0.4, -0.2) is 37.3 Å². The molecule has 1 aromatic rings. The third-order valence-corrected chi connectivity index (χ3v) is 2.55. The highest BCUT2D eigenvalue weighted by molar-refractivity contribution is 7.07. The Balaban J connectivity index is 1.98. The van der Waals surface area contributed by atoms with Gasteiger partial charge in [-0.25, -0.2) is 4.79 Å². The average Bonchev–Trinajstić information content (AvgIpc) is 2.70. The van der Waals surface area contributed by atoms with Crippen molar-refractivity contribution in [3.8, 4) is 0 Å². The number of aromatic nitrogens is 1. The lowest BCUT2D eigenvalue weighted by Crippen LogP contribution is -2.22. The number of esters is 1. The lowest BCUT2D eigenvalue weighted by atomic mass is 10.5. The molecule has 2 N–H and O–H groups in total. The monoisotopic (exact) mass is 260 g/mol. The highest BCUT2D eigenvalue weighted by Crippen LogP contribution is 1.93. The molecule has 1 heterocycles. The summed E-state index contributed by atoms with van der Waals surface area (Å²) in [5, 5.41) is 4.85. The number of rotatable bonds is 8. The van der Waals surface area contributed by atoms with Gasteiger partial charge >= 0.3 is 10.8 Å². The van der Waals surface area contributed by atoms with Gasteiger partial charge < -0.3 is 19.8 Å². The fourth-order valence-electron chi connectivity index (χ4n) is 1.13. The summed E-state index contributed by atoms with van der Waals surface area (Å²) in [7, 11) is 0. The van der Waals surface area contributed by atoms with Crippen molar-refractivity contribution in [2.45, 2.75) is 13.5 Å². The van der Waals surface area contributed by atoms with Crippen LogP contribution in [-0.2, 0) is 20.8 Å². The molecule has 0 saturated carbocycles. The molecule has 0 aliphatic rings. The maximum Gasteiger partial charge on any atom is 0.332 e. The molecule has 96 valence electrons. The Hall–Kier alpha value is -1.18. The number of thiazole rings is 1. The van der Waals surface area contributed by atoms with Crippen LogP contribution in [0.2, 0.25) is 0 Å². The van der Waals surface area contributed by atoms with Gasteiger partial charge in [0, 0.05) is 24.2 Å².